The van der Waals surface area contributed by atoms with E-state index >= 15 is 0 Å². The SMILES string of the molecule is Cc1cccc(N2CCN(C(=O)C3CCCN(c4ccc(C)nn4)C3)CC2)c1. The lowest BCUT2D eigenvalue weighted by Crippen LogP contribution is -2.52. The molecule has 0 bridgehead atoms. The van der Waals surface area contributed by atoms with Gasteiger partial charge in [-0.25, -0.2) is 0 Å². The van der Waals surface area contributed by atoms with Gasteiger partial charge in [-0.15, -0.1) is 5.10 Å². The van der Waals surface area contributed by atoms with Crippen LogP contribution in [0.4, 0.5) is 11.5 Å². The first-order chi connectivity index (χ1) is 13.6. The zero-order valence-electron chi connectivity index (χ0n) is 16.8. The number of carbonyl (C=O) groups excluding carboxylic acids is 1. The molecule has 0 aliphatic carbocycles. The molecule has 2 aliphatic heterocycles. The highest BCUT2D eigenvalue weighted by Gasteiger charge is 2.31. The van der Waals surface area contributed by atoms with Crippen LogP contribution in [-0.2, 0) is 4.79 Å². The number of nitrogens with zero attached hydrogens (tertiary/aromatic N) is 5. The monoisotopic (exact) mass is 379 g/mol. The zero-order valence-corrected chi connectivity index (χ0v) is 16.8. The van der Waals surface area contributed by atoms with Crippen molar-refractivity contribution in [3.05, 3.63) is 47.7 Å². The Morgan fingerprint density at radius 2 is 1.79 bits per heavy atom. The number of amides is 1. The average molecular weight is 380 g/mol. The fourth-order valence-corrected chi connectivity index (χ4v) is 4.22. The number of rotatable bonds is 3. The van der Waals surface area contributed by atoms with E-state index in [-0.39, 0.29) is 5.92 Å². The first kappa shape index (κ1) is 18.7. The van der Waals surface area contributed by atoms with Crippen molar-refractivity contribution >= 4 is 17.4 Å². The number of aryl methyl sites for hydroxylation is 2. The van der Waals surface area contributed by atoms with E-state index < -0.39 is 0 Å². The van der Waals surface area contributed by atoms with E-state index in [1.165, 1.54) is 11.3 Å². The first-order valence-corrected chi connectivity index (χ1v) is 10.3. The van der Waals surface area contributed by atoms with Gasteiger partial charge in [0.1, 0.15) is 0 Å². The van der Waals surface area contributed by atoms with Crippen LogP contribution in [0.15, 0.2) is 36.4 Å². The number of anilines is 2. The van der Waals surface area contributed by atoms with E-state index in [2.05, 4.69) is 56.1 Å². The van der Waals surface area contributed by atoms with E-state index in [0.717, 1.165) is 63.6 Å². The summed E-state index contributed by atoms with van der Waals surface area (Å²) in [6, 6.07) is 12.6. The summed E-state index contributed by atoms with van der Waals surface area (Å²) >= 11 is 0. The van der Waals surface area contributed by atoms with E-state index in [9.17, 15) is 4.79 Å². The highest BCUT2D eigenvalue weighted by atomic mass is 16.2. The van der Waals surface area contributed by atoms with Gasteiger partial charge in [0.05, 0.1) is 11.6 Å². The molecule has 6 heteroatoms. The van der Waals surface area contributed by atoms with Crippen LogP contribution in [0.2, 0.25) is 0 Å². The Labute approximate surface area is 167 Å². The third-order valence-corrected chi connectivity index (χ3v) is 5.84. The standard InChI is InChI=1S/C22H29N5O/c1-17-5-3-7-20(15-17)25-11-13-26(14-12-25)22(28)19-6-4-10-27(16-19)21-9-8-18(2)23-24-21/h3,5,7-9,15,19H,4,6,10-14,16H2,1-2H3. The summed E-state index contributed by atoms with van der Waals surface area (Å²) in [6.45, 7) is 9.15. The summed E-state index contributed by atoms with van der Waals surface area (Å²) in [6.07, 6.45) is 1.99. The largest absolute Gasteiger partial charge is 0.368 e. The molecule has 0 radical (unpaired) electrons. The Morgan fingerprint density at radius 3 is 2.50 bits per heavy atom. The van der Waals surface area contributed by atoms with E-state index in [1.807, 2.05) is 19.1 Å². The highest BCUT2D eigenvalue weighted by molar-refractivity contribution is 5.80. The van der Waals surface area contributed by atoms with Crippen molar-refractivity contribution in [2.45, 2.75) is 26.7 Å². The molecule has 1 aromatic carbocycles. The van der Waals surface area contributed by atoms with Gasteiger partial charge in [-0.1, -0.05) is 12.1 Å². The third kappa shape index (κ3) is 4.11. The molecule has 148 valence electrons. The predicted molar refractivity (Wildman–Crippen MR) is 112 cm³/mol. The molecule has 0 spiro atoms. The fraction of sp³-hybridized carbons (Fsp3) is 0.500. The predicted octanol–water partition coefficient (Wildman–Crippen LogP) is 2.66. The van der Waals surface area contributed by atoms with Crippen molar-refractivity contribution in [3.8, 4) is 0 Å². The van der Waals surface area contributed by atoms with Crippen LogP contribution in [0.1, 0.15) is 24.1 Å². The van der Waals surface area contributed by atoms with Crippen molar-refractivity contribution in [3.63, 3.8) is 0 Å². The summed E-state index contributed by atoms with van der Waals surface area (Å²) < 4.78 is 0. The molecule has 1 atom stereocenters. The Kier molecular flexibility index (Phi) is 5.46. The van der Waals surface area contributed by atoms with Crippen LogP contribution < -0.4 is 9.80 Å². The number of hydrogen-bond acceptors (Lipinski definition) is 5. The fourth-order valence-electron chi connectivity index (χ4n) is 4.22. The molecule has 1 aromatic heterocycles. The van der Waals surface area contributed by atoms with Crippen LogP contribution in [0, 0.1) is 19.8 Å². The summed E-state index contributed by atoms with van der Waals surface area (Å²) in [5.41, 5.74) is 3.45. The maximum absolute atomic E-state index is 13.1. The zero-order chi connectivity index (χ0) is 19.5. The molecule has 2 saturated heterocycles. The van der Waals surface area contributed by atoms with Crippen molar-refractivity contribution < 1.29 is 4.79 Å². The molecule has 2 fully saturated rings. The number of piperidine rings is 1. The number of hydrogen-bond donors (Lipinski definition) is 0. The lowest BCUT2D eigenvalue weighted by Gasteiger charge is -2.40. The lowest BCUT2D eigenvalue weighted by atomic mass is 9.96. The Morgan fingerprint density at radius 1 is 0.964 bits per heavy atom. The lowest BCUT2D eigenvalue weighted by molar-refractivity contribution is -0.136. The molecule has 1 amide bonds. The van der Waals surface area contributed by atoms with Crippen LogP contribution in [-0.4, -0.2) is 60.3 Å². The van der Waals surface area contributed by atoms with Crippen LogP contribution >= 0.6 is 0 Å². The molecule has 0 N–H and O–H groups in total. The Balaban J connectivity index is 1.35. The van der Waals surface area contributed by atoms with Crippen LogP contribution in [0.25, 0.3) is 0 Å². The average Bonchev–Trinajstić information content (AvgIpc) is 2.74. The molecule has 6 nitrogen and oxygen atoms in total. The molecular weight excluding hydrogens is 350 g/mol. The summed E-state index contributed by atoms with van der Waals surface area (Å²) in [5, 5.41) is 8.47. The molecule has 4 rings (SSSR count). The molecule has 28 heavy (non-hydrogen) atoms. The molecule has 1 unspecified atom stereocenters. The van der Waals surface area contributed by atoms with Crippen molar-refractivity contribution in [1.82, 2.24) is 15.1 Å². The smallest absolute Gasteiger partial charge is 0.227 e. The normalized spacial score (nSPS) is 20.4. The van der Waals surface area contributed by atoms with Gasteiger partial charge in [0.25, 0.3) is 0 Å². The topological polar surface area (TPSA) is 52.6 Å². The van der Waals surface area contributed by atoms with Gasteiger partial charge < -0.3 is 14.7 Å². The second-order valence-corrected chi connectivity index (χ2v) is 7.97. The van der Waals surface area contributed by atoms with Gasteiger partial charge in [-0.3, -0.25) is 4.79 Å². The van der Waals surface area contributed by atoms with Gasteiger partial charge in [-0.05, 0) is 56.5 Å². The maximum atomic E-state index is 13.1. The van der Waals surface area contributed by atoms with Crippen LogP contribution in [0.5, 0.6) is 0 Å². The molecular formula is C22H29N5O. The van der Waals surface area contributed by atoms with Gasteiger partial charge in [0, 0.05) is 45.0 Å². The molecule has 2 aromatic rings. The van der Waals surface area contributed by atoms with Crippen molar-refractivity contribution in [2.24, 2.45) is 5.92 Å². The number of aromatic nitrogens is 2. The highest BCUT2D eigenvalue weighted by Crippen LogP contribution is 2.24. The molecule has 2 aliphatic rings. The Hall–Kier alpha value is -2.63. The number of benzene rings is 1. The molecule has 0 saturated carbocycles. The minimum atomic E-state index is 0.0578. The summed E-state index contributed by atoms with van der Waals surface area (Å²) in [4.78, 5) is 19.8. The van der Waals surface area contributed by atoms with Crippen molar-refractivity contribution in [1.29, 1.82) is 0 Å². The summed E-state index contributed by atoms with van der Waals surface area (Å²) in [7, 11) is 0. The molecule has 3 heterocycles. The van der Waals surface area contributed by atoms with E-state index in [1.54, 1.807) is 0 Å². The van der Waals surface area contributed by atoms with Crippen LogP contribution in [0.3, 0.4) is 0 Å². The second kappa shape index (κ2) is 8.17. The number of piperazine rings is 1. The minimum absolute atomic E-state index is 0.0578. The summed E-state index contributed by atoms with van der Waals surface area (Å²) in [5.74, 6) is 1.24. The minimum Gasteiger partial charge on any atom is -0.368 e. The number of carbonyl (C=O) groups is 1. The van der Waals surface area contributed by atoms with Gasteiger partial charge in [0.15, 0.2) is 5.82 Å². The van der Waals surface area contributed by atoms with E-state index in [4.69, 9.17) is 0 Å². The first-order valence-electron chi connectivity index (χ1n) is 10.3. The third-order valence-electron chi connectivity index (χ3n) is 5.84. The maximum Gasteiger partial charge on any atom is 0.227 e. The van der Waals surface area contributed by atoms with Gasteiger partial charge in [-0.2, -0.15) is 5.10 Å². The quantitative estimate of drug-likeness (QED) is 0.821. The van der Waals surface area contributed by atoms with Gasteiger partial charge in [0.2, 0.25) is 5.91 Å². The van der Waals surface area contributed by atoms with Gasteiger partial charge >= 0.3 is 0 Å². The Bertz CT molecular complexity index is 814. The van der Waals surface area contributed by atoms with E-state index in [0.29, 0.717) is 5.91 Å². The second-order valence-electron chi connectivity index (χ2n) is 7.97. The van der Waals surface area contributed by atoms with Crippen molar-refractivity contribution in [2.75, 3.05) is 49.1 Å².